The monoisotopic (exact) mass is 267 g/mol. The van der Waals surface area contributed by atoms with E-state index in [9.17, 15) is 13.6 Å². The molecule has 1 unspecified atom stereocenters. The molecule has 0 bridgehead atoms. The molecule has 3 nitrogen and oxygen atoms in total. The van der Waals surface area contributed by atoms with E-state index in [1.54, 1.807) is 6.92 Å². The van der Waals surface area contributed by atoms with Crippen molar-refractivity contribution >= 4 is 5.97 Å². The summed E-state index contributed by atoms with van der Waals surface area (Å²) in [5.74, 6) is -0.283. The third-order valence-corrected chi connectivity index (χ3v) is 2.72. The number of carbonyl (C=O) groups is 1. The quantitative estimate of drug-likeness (QED) is 0.654. The van der Waals surface area contributed by atoms with Crippen molar-refractivity contribution < 1.29 is 18.3 Å². The van der Waals surface area contributed by atoms with Gasteiger partial charge in [0.1, 0.15) is 5.54 Å². The van der Waals surface area contributed by atoms with Crippen molar-refractivity contribution in [3.05, 3.63) is 35.4 Å². The van der Waals surface area contributed by atoms with E-state index in [2.05, 4.69) is 11.2 Å². The molecule has 5 heteroatoms. The van der Waals surface area contributed by atoms with Crippen molar-refractivity contribution in [3.8, 4) is 12.3 Å². The maximum absolute atomic E-state index is 13.3. The third-order valence-electron chi connectivity index (χ3n) is 2.72. The standard InChI is InChI=1S/C14H15F2NO2/c1-4-8-17-14(3,13(18)19-5-2)10-6-7-11(15)12(16)9-10/h1,6-7,9,17H,5,8H2,2-3H3. The maximum Gasteiger partial charge on any atom is 0.330 e. The molecule has 102 valence electrons. The fourth-order valence-corrected chi connectivity index (χ4v) is 1.60. The second-order valence-electron chi connectivity index (χ2n) is 4.03. The van der Waals surface area contributed by atoms with E-state index in [-0.39, 0.29) is 18.7 Å². The second kappa shape index (κ2) is 6.30. The molecule has 0 aliphatic heterocycles. The number of nitrogens with one attached hydrogen (secondary N) is 1. The Morgan fingerprint density at radius 1 is 1.47 bits per heavy atom. The molecule has 0 heterocycles. The Balaban J connectivity index is 3.18. The molecule has 1 aromatic carbocycles. The van der Waals surface area contributed by atoms with Crippen molar-refractivity contribution in [1.82, 2.24) is 5.32 Å². The largest absolute Gasteiger partial charge is 0.464 e. The number of rotatable bonds is 5. The van der Waals surface area contributed by atoms with Crippen LogP contribution >= 0.6 is 0 Å². The minimum atomic E-state index is -1.32. The summed E-state index contributed by atoms with van der Waals surface area (Å²) in [4.78, 5) is 12.0. The predicted molar refractivity (Wildman–Crippen MR) is 67.2 cm³/mol. The van der Waals surface area contributed by atoms with Gasteiger partial charge in [-0.2, -0.15) is 0 Å². The summed E-state index contributed by atoms with van der Waals surface area (Å²) in [7, 11) is 0. The predicted octanol–water partition coefficient (Wildman–Crippen LogP) is 1.97. The summed E-state index contributed by atoms with van der Waals surface area (Å²) in [5.41, 5.74) is -1.07. The first-order chi connectivity index (χ1) is 8.95. The Morgan fingerprint density at radius 3 is 2.68 bits per heavy atom. The summed E-state index contributed by atoms with van der Waals surface area (Å²) >= 11 is 0. The lowest BCUT2D eigenvalue weighted by Gasteiger charge is -2.28. The van der Waals surface area contributed by atoms with Gasteiger partial charge >= 0.3 is 5.97 Å². The zero-order valence-corrected chi connectivity index (χ0v) is 10.8. The second-order valence-corrected chi connectivity index (χ2v) is 4.03. The Bertz CT molecular complexity index is 511. The van der Waals surface area contributed by atoms with Gasteiger partial charge in [-0.1, -0.05) is 12.0 Å². The van der Waals surface area contributed by atoms with Crippen molar-refractivity contribution in [1.29, 1.82) is 0 Å². The van der Waals surface area contributed by atoms with Gasteiger partial charge in [-0.05, 0) is 31.5 Å². The zero-order chi connectivity index (χ0) is 14.5. The van der Waals surface area contributed by atoms with E-state index >= 15 is 0 Å². The molecule has 0 aliphatic rings. The van der Waals surface area contributed by atoms with Gasteiger partial charge in [-0.15, -0.1) is 6.42 Å². The van der Waals surface area contributed by atoms with Gasteiger partial charge in [0.05, 0.1) is 13.2 Å². The van der Waals surface area contributed by atoms with E-state index in [1.807, 2.05) is 0 Å². The molecule has 0 saturated carbocycles. The highest BCUT2D eigenvalue weighted by Gasteiger charge is 2.36. The lowest BCUT2D eigenvalue weighted by molar-refractivity contribution is -0.150. The number of hydrogen-bond acceptors (Lipinski definition) is 3. The van der Waals surface area contributed by atoms with E-state index in [1.165, 1.54) is 13.0 Å². The van der Waals surface area contributed by atoms with Gasteiger partial charge < -0.3 is 4.74 Å². The van der Waals surface area contributed by atoms with E-state index in [0.29, 0.717) is 0 Å². The molecule has 0 radical (unpaired) electrons. The van der Waals surface area contributed by atoms with Gasteiger partial charge in [-0.3, -0.25) is 5.32 Å². The van der Waals surface area contributed by atoms with Crippen LogP contribution in [-0.2, 0) is 15.1 Å². The highest BCUT2D eigenvalue weighted by molar-refractivity contribution is 5.82. The van der Waals surface area contributed by atoms with Crippen molar-refractivity contribution in [2.24, 2.45) is 0 Å². The summed E-state index contributed by atoms with van der Waals surface area (Å²) < 4.78 is 31.2. The van der Waals surface area contributed by atoms with Crippen LogP contribution in [-0.4, -0.2) is 19.1 Å². The van der Waals surface area contributed by atoms with Gasteiger partial charge in [0, 0.05) is 0 Å². The van der Waals surface area contributed by atoms with Gasteiger partial charge in [0.15, 0.2) is 11.6 Å². The Kier molecular flexibility index (Phi) is 5.02. The molecule has 0 fully saturated rings. The number of ether oxygens (including phenoxy) is 1. The highest BCUT2D eigenvalue weighted by atomic mass is 19.2. The molecule has 0 amide bonds. The first-order valence-corrected chi connectivity index (χ1v) is 5.77. The van der Waals surface area contributed by atoms with E-state index < -0.39 is 23.1 Å². The van der Waals surface area contributed by atoms with Crippen LogP contribution in [0.15, 0.2) is 18.2 Å². The fourth-order valence-electron chi connectivity index (χ4n) is 1.60. The molecule has 1 N–H and O–H groups in total. The smallest absolute Gasteiger partial charge is 0.330 e. The van der Waals surface area contributed by atoms with Crippen LogP contribution in [0.2, 0.25) is 0 Å². The first kappa shape index (κ1) is 15.1. The minimum absolute atomic E-state index is 0.0916. The summed E-state index contributed by atoms with van der Waals surface area (Å²) in [6.07, 6.45) is 5.14. The van der Waals surface area contributed by atoms with Crippen LogP contribution in [0.25, 0.3) is 0 Å². The number of esters is 1. The average Bonchev–Trinajstić information content (AvgIpc) is 2.39. The van der Waals surface area contributed by atoms with Crippen LogP contribution in [0.1, 0.15) is 19.4 Å². The number of halogens is 2. The fraction of sp³-hybridized carbons (Fsp3) is 0.357. The molecular formula is C14H15F2NO2. The molecule has 19 heavy (non-hydrogen) atoms. The van der Waals surface area contributed by atoms with E-state index in [0.717, 1.165) is 12.1 Å². The molecule has 0 aromatic heterocycles. The summed E-state index contributed by atoms with van der Waals surface area (Å²) in [5, 5.41) is 2.79. The van der Waals surface area contributed by atoms with Crippen LogP contribution in [0.3, 0.4) is 0 Å². The van der Waals surface area contributed by atoms with Crippen LogP contribution in [0.5, 0.6) is 0 Å². The Hall–Kier alpha value is -1.93. The van der Waals surface area contributed by atoms with Crippen LogP contribution in [0, 0.1) is 24.0 Å². The number of hydrogen-bond donors (Lipinski definition) is 1. The maximum atomic E-state index is 13.3. The molecule has 1 atom stereocenters. The molecule has 1 rings (SSSR count). The third kappa shape index (κ3) is 3.30. The average molecular weight is 267 g/mol. The van der Waals surface area contributed by atoms with Crippen molar-refractivity contribution in [2.75, 3.05) is 13.2 Å². The topological polar surface area (TPSA) is 38.3 Å². The summed E-state index contributed by atoms with van der Waals surface area (Å²) in [6.45, 7) is 3.43. The lowest BCUT2D eigenvalue weighted by Crippen LogP contribution is -2.48. The molecular weight excluding hydrogens is 252 g/mol. The van der Waals surface area contributed by atoms with Crippen LogP contribution in [0.4, 0.5) is 8.78 Å². The van der Waals surface area contributed by atoms with Gasteiger partial charge in [0.2, 0.25) is 0 Å². The minimum Gasteiger partial charge on any atom is -0.464 e. The van der Waals surface area contributed by atoms with E-state index in [4.69, 9.17) is 11.2 Å². The SMILES string of the molecule is C#CCNC(C)(C(=O)OCC)c1ccc(F)c(F)c1. The number of carbonyl (C=O) groups excluding carboxylic acids is 1. The molecule has 1 aromatic rings. The number of benzene rings is 1. The Morgan fingerprint density at radius 2 is 2.16 bits per heavy atom. The zero-order valence-electron chi connectivity index (χ0n) is 10.8. The number of terminal acetylenes is 1. The summed E-state index contributed by atoms with van der Waals surface area (Å²) in [6, 6.07) is 3.23. The lowest BCUT2D eigenvalue weighted by atomic mass is 9.91. The van der Waals surface area contributed by atoms with Crippen molar-refractivity contribution in [2.45, 2.75) is 19.4 Å². The first-order valence-electron chi connectivity index (χ1n) is 5.77. The normalized spacial score (nSPS) is 13.4. The van der Waals surface area contributed by atoms with Crippen LogP contribution < -0.4 is 5.32 Å². The highest BCUT2D eigenvalue weighted by Crippen LogP contribution is 2.24. The molecule has 0 spiro atoms. The van der Waals surface area contributed by atoms with Gasteiger partial charge in [-0.25, -0.2) is 13.6 Å². The van der Waals surface area contributed by atoms with Gasteiger partial charge in [0.25, 0.3) is 0 Å². The van der Waals surface area contributed by atoms with Crippen molar-refractivity contribution in [3.63, 3.8) is 0 Å². The molecule has 0 aliphatic carbocycles. The molecule has 0 saturated heterocycles. The Labute approximate surface area is 111 Å².